The van der Waals surface area contributed by atoms with Crippen molar-refractivity contribution in [3.63, 3.8) is 0 Å². The van der Waals surface area contributed by atoms with E-state index in [9.17, 15) is 14.9 Å². The Labute approximate surface area is 180 Å². The maximum Gasteiger partial charge on any atom is 0.289 e. The average Bonchev–Trinajstić information content (AvgIpc) is 2.78. The quantitative estimate of drug-likeness (QED) is 0.650. The highest BCUT2D eigenvalue weighted by molar-refractivity contribution is 5.81. The number of pyridine rings is 1. The number of benzene rings is 1. The average molecular weight is 424 g/mol. The first-order chi connectivity index (χ1) is 14.9. The maximum absolute atomic E-state index is 12.5. The standard InChI is InChI=1S/C22H24N4O5/c1-15-10-16(2)26(22(28)18(15)12-23)24-13-17-4-5-19(20(11-17)29-3)31-14-21(27)25-6-8-30-9-7-25/h4-5,10-11,13H,6-9,14H2,1-3H3/b24-13+. The van der Waals surface area contributed by atoms with Gasteiger partial charge in [0.2, 0.25) is 0 Å². The SMILES string of the molecule is COc1cc(/C=N/n2c(C)cc(C)c(C#N)c2=O)ccc1OCC(=O)N1CCOCC1. The molecule has 31 heavy (non-hydrogen) atoms. The van der Waals surface area contributed by atoms with Crippen LogP contribution in [0.1, 0.15) is 22.4 Å². The Bertz CT molecular complexity index is 1090. The van der Waals surface area contributed by atoms with Crippen LogP contribution in [0.5, 0.6) is 11.5 Å². The molecule has 1 aromatic carbocycles. The lowest BCUT2D eigenvalue weighted by atomic mass is 10.1. The lowest BCUT2D eigenvalue weighted by Crippen LogP contribution is -2.43. The van der Waals surface area contributed by atoms with Gasteiger partial charge in [-0.3, -0.25) is 9.59 Å². The van der Waals surface area contributed by atoms with Crippen molar-refractivity contribution in [2.24, 2.45) is 5.10 Å². The number of hydrogen-bond donors (Lipinski definition) is 0. The number of nitriles is 1. The van der Waals surface area contributed by atoms with E-state index in [0.717, 1.165) is 0 Å². The zero-order valence-corrected chi connectivity index (χ0v) is 17.8. The van der Waals surface area contributed by atoms with Crippen LogP contribution in [-0.2, 0) is 9.53 Å². The van der Waals surface area contributed by atoms with Crippen LogP contribution in [0.25, 0.3) is 0 Å². The van der Waals surface area contributed by atoms with Crippen LogP contribution in [0.3, 0.4) is 0 Å². The molecule has 162 valence electrons. The largest absolute Gasteiger partial charge is 0.493 e. The topological polar surface area (TPSA) is 106 Å². The lowest BCUT2D eigenvalue weighted by Gasteiger charge is -2.26. The van der Waals surface area contributed by atoms with Gasteiger partial charge >= 0.3 is 0 Å². The summed E-state index contributed by atoms with van der Waals surface area (Å²) in [6.45, 7) is 5.54. The van der Waals surface area contributed by atoms with Crippen molar-refractivity contribution in [1.29, 1.82) is 5.26 Å². The first-order valence-corrected chi connectivity index (χ1v) is 9.78. The molecule has 2 heterocycles. The minimum Gasteiger partial charge on any atom is -0.493 e. The Morgan fingerprint density at radius 1 is 1.26 bits per heavy atom. The molecule has 1 aliphatic rings. The predicted molar refractivity (Wildman–Crippen MR) is 114 cm³/mol. The molecule has 2 aromatic rings. The van der Waals surface area contributed by atoms with Gasteiger partial charge in [-0.05, 0) is 49.2 Å². The summed E-state index contributed by atoms with van der Waals surface area (Å²) in [5, 5.41) is 13.4. The highest BCUT2D eigenvalue weighted by Crippen LogP contribution is 2.27. The van der Waals surface area contributed by atoms with Crippen LogP contribution in [-0.4, -0.2) is 61.7 Å². The highest BCUT2D eigenvalue weighted by Gasteiger charge is 2.18. The Balaban J connectivity index is 1.75. The van der Waals surface area contributed by atoms with Gasteiger partial charge in [0.1, 0.15) is 11.6 Å². The van der Waals surface area contributed by atoms with E-state index >= 15 is 0 Å². The summed E-state index contributed by atoms with van der Waals surface area (Å²) >= 11 is 0. The molecule has 0 aliphatic carbocycles. The van der Waals surface area contributed by atoms with Gasteiger partial charge < -0.3 is 19.1 Å². The monoisotopic (exact) mass is 424 g/mol. The van der Waals surface area contributed by atoms with Crippen molar-refractivity contribution in [3.05, 3.63) is 57.0 Å². The highest BCUT2D eigenvalue weighted by atomic mass is 16.5. The third kappa shape index (κ3) is 5.10. The van der Waals surface area contributed by atoms with E-state index < -0.39 is 5.56 Å². The normalized spacial score (nSPS) is 13.8. The molecule has 0 unspecified atom stereocenters. The van der Waals surface area contributed by atoms with Crippen LogP contribution >= 0.6 is 0 Å². The van der Waals surface area contributed by atoms with Gasteiger partial charge in [0, 0.05) is 18.8 Å². The number of methoxy groups -OCH3 is 1. The molecule has 3 rings (SSSR count). The number of ether oxygens (including phenoxy) is 3. The fourth-order valence-corrected chi connectivity index (χ4v) is 3.21. The number of carbonyl (C=O) groups excluding carboxylic acids is 1. The Hall–Kier alpha value is -3.64. The third-order valence-corrected chi connectivity index (χ3v) is 4.90. The Morgan fingerprint density at radius 3 is 2.68 bits per heavy atom. The number of nitrogens with zero attached hydrogens (tertiary/aromatic N) is 4. The van der Waals surface area contributed by atoms with Crippen LogP contribution in [0.15, 0.2) is 34.2 Å². The number of aromatic nitrogens is 1. The summed E-state index contributed by atoms with van der Waals surface area (Å²) in [6.07, 6.45) is 1.50. The molecule has 0 spiro atoms. The molecule has 9 heteroatoms. The van der Waals surface area contributed by atoms with E-state index in [2.05, 4.69) is 5.10 Å². The molecule has 1 aliphatic heterocycles. The summed E-state index contributed by atoms with van der Waals surface area (Å²) in [6, 6.07) is 8.76. The van der Waals surface area contributed by atoms with Crippen molar-refractivity contribution in [2.75, 3.05) is 40.0 Å². The van der Waals surface area contributed by atoms with Gasteiger partial charge in [-0.25, -0.2) is 4.68 Å². The van der Waals surface area contributed by atoms with Gasteiger partial charge in [0.05, 0.1) is 26.5 Å². The smallest absolute Gasteiger partial charge is 0.289 e. The number of rotatable bonds is 6. The van der Waals surface area contributed by atoms with E-state index in [1.165, 1.54) is 18.0 Å². The van der Waals surface area contributed by atoms with Crippen LogP contribution in [0.2, 0.25) is 0 Å². The van der Waals surface area contributed by atoms with Crippen molar-refractivity contribution < 1.29 is 19.0 Å². The maximum atomic E-state index is 12.5. The predicted octanol–water partition coefficient (Wildman–Crippen LogP) is 1.47. The molecule has 1 aromatic heterocycles. The van der Waals surface area contributed by atoms with Gasteiger partial charge in [-0.15, -0.1) is 0 Å². The molecule has 9 nitrogen and oxygen atoms in total. The summed E-state index contributed by atoms with van der Waals surface area (Å²) in [5.74, 6) is 0.750. The second-order valence-corrected chi connectivity index (χ2v) is 7.01. The van der Waals surface area contributed by atoms with Gasteiger partial charge in [-0.1, -0.05) is 0 Å². The third-order valence-electron chi connectivity index (χ3n) is 4.90. The van der Waals surface area contributed by atoms with Gasteiger partial charge in [0.25, 0.3) is 11.5 Å². The summed E-state index contributed by atoms with van der Waals surface area (Å²) in [7, 11) is 1.50. The van der Waals surface area contributed by atoms with Crippen molar-refractivity contribution in [2.45, 2.75) is 13.8 Å². The molecule has 0 atom stereocenters. The number of morpholine rings is 1. The molecule has 0 radical (unpaired) electrons. The van der Waals surface area contributed by atoms with E-state index in [1.807, 2.05) is 6.07 Å². The molecule has 1 saturated heterocycles. The van der Waals surface area contributed by atoms with E-state index in [-0.39, 0.29) is 18.1 Å². The minimum absolute atomic E-state index is 0.0639. The Morgan fingerprint density at radius 2 is 2.00 bits per heavy atom. The molecule has 0 saturated carbocycles. The van der Waals surface area contributed by atoms with Crippen molar-refractivity contribution in [1.82, 2.24) is 9.58 Å². The van der Waals surface area contributed by atoms with Crippen LogP contribution in [0.4, 0.5) is 0 Å². The second-order valence-electron chi connectivity index (χ2n) is 7.01. The second kappa shape index (κ2) is 9.91. The van der Waals surface area contributed by atoms with Crippen molar-refractivity contribution >= 4 is 12.1 Å². The zero-order valence-electron chi connectivity index (χ0n) is 17.8. The molecule has 1 fully saturated rings. The summed E-state index contributed by atoms with van der Waals surface area (Å²) in [5.41, 5.74) is 1.49. The molecule has 1 amide bonds. The molecule has 0 bridgehead atoms. The van der Waals surface area contributed by atoms with Crippen LogP contribution in [0, 0.1) is 25.2 Å². The van der Waals surface area contributed by atoms with Gasteiger partial charge in [0.15, 0.2) is 18.1 Å². The van der Waals surface area contributed by atoms with Crippen molar-refractivity contribution in [3.8, 4) is 17.6 Å². The summed E-state index contributed by atoms with van der Waals surface area (Å²) < 4.78 is 17.5. The summed E-state index contributed by atoms with van der Waals surface area (Å²) in [4.78, 5) is 26.4. The number of amides is 1. The molecular weight excluding hydrogens is 400 g/mol. The van der Waals surface area contributed by atoms with E-state index in [4.69, 9.17) is 14.2 Å². The number of carbonyl (C=O) groups is 1. The van der Waals surface area contributed by atoms with Gasteiger partial charge in [-0.2, -0.15) is 10.4 Å². The fraction of sp³-hybridized carbons (Fsp3) is 0.364. The van der Waals surface area contributed by atoms with Crippen LogP contribution < -0.4 is 15.0 Å². The Kier molecular flexibility index (Phi) is 7.05. The van der Waals surface area contributed by atoms with E-state index in [1.54, 1.807) is 43.0 Å². The number of hydrogen-bond acceptors (Lipinski definition) is 7. The lowest BCUT2D eigenvalue weighted by molar-refractivity contribution is -0.137. The first kappa shape index (κ1) is 22.1. The molecular formula is C22H24N4O5. The first-order valence-electron chi connectivity index (χ1n) is 9.78. The minimum atomic E-state index is -0.468. The fourth-order valence-electron chi connectivity index (χ4n) is 3.21. The number of aryl methyl sites for hydroxylation is 2. The molecule has 0 N–H and O–H groups in total. The zero-order chi connectivity index (χ0) is 22.4. The van der Waals surface area contributed by atoms with E-state index in [0.29, 0.717) is 54.6 Å².